The number of nitrogens with one attached hydrogen (secondary N) is 2. The topological polar surface area (TPSA) is 98.8 Å². The number of amides is 5. The quantitative estimate of drug-likeness (QED) is 0.590. The van der Waals surface area contributed by atoms with E-state index in [1.54, 1.807) is 13.1 Å². The Hall–Kier alpha value is -2.42. The lowest BCUT2D eigenvalue weighted by atomic mass is 9.81. The van der Waals surface area contributed by atoms with Crippen molar-refractivity contribution in [3.63, 3.8) is 0 Å². The molecule has 0 aromatic carbocycles. The van der Waals surface area contributed by atoms with E-state index in [2.05, 4.69) is 10.9 Å². The first kappa shape index (κ1) is 20.3. The maximum absolute atomic E-state index is 12.9. The fourth-order valence-corrected chi connectivity index (χ4v) is 5.03. The minimum absolute atomic E-state index is 0.317. The zero-order chi connectivity index (χ0) is 20.5. The Balaban J connectivity index is 1.59. The Labute approximate surface area is 168 Å². The third-order valence-electron chi connectivity index (χ3n) is 5.67. The van der Waals surface area contributed by atoms with E-state index in [4.69, 9.17) is 0 Å². The average molecular weight is 407 g/mol. The molecule has 1 spiro atoms. The predicted molar refractivity (Wildman–Crippen MR) is 105 cm³/mol. The zero-order valence-electron chi connectivity index (χ0n) is 16.5. The molecule has 0 bridgehead atoms. The summed E-state index contributed by atoms with van der Waals surface area (Å²) in [5.41, 5.74) is 4.89. The molecule has 2 N–H and O–H groups in total. The molecule has 1 aliphatic carbocycles. The van der Waals surface area contributed by atoms with Gasteiger partial charge in [-0.05, 0) is 37.8 Å². The predicted octanol–water partition coefficient (Wildman–Crippen LogP) is 1.98. The first-order valence-corrected chi connectivity index (χ1v) is 10.4. The maximum atomic E-state index is 12.9. The van der Waals surface area contributed by atoms with E-state index >= 15 is 0 Å². The van der Waals surface area contributed by atoms with E-state index in [0.717, 1.165) is 41.0 Å². The smallest absolute Gasteiger partial charge is 0.313 e. The zero-order valence-corrected chi connectivity index (χ0v) is 17.3. The van der Waals surface area contributed by atoms with E-state index in [0.29, 0.717) is 17.7 Å². The van der Waals surface area contributed by atoms with Crippen molar-refractivity contribution in [2.24, 2.45) is 0 Å². The number of aryl methyl sites for hydroxylation is 2. The van der Waals surface area contributed by atoms with Gasteiger partial charge >= 0.3 is 6.03 Å². The Morgan fingerprint density at radius 3 is 2.46 bits per heavy atom. The summed E-state index contributed by atoms with van der Waals surface area (Å²) in [6.45, 7) is 3.54. The van der Waals surface area contributed by atoms with E-state index in [1.807, 2.05) is 13.8 Å². The summed E-state index contributed by atoms with van der Waals surface area (Å²) in [5.74, 6) is -1.34. The molecule has 2 aliphatic rings. The standard InChI is InChI=1S/C19H26N4O4S/c1-4-13-12(2)10-14(28-13)16(25)21-20-15(24)11-23-17(26)19(22(3)18(23)27)8-6-5-7-9-19/h10H,4-9,11H2,1-3H3,(H,20,24)(H,21,25). The molecule has 152 valence electrons. The number of rotatable bonds is 4. The van der Waals surface area contributed by atoms with E-state index in [1.165, 1.54) is 16.2 Å². The average Bonchev–Trinajstić information content (AvgIpc) is 3.15. The lowest BCUT2D eigenvalue weighted by Crippen LogP contribution is -2.50. The van der Waals surface area contributed by atoms with Crippen LogP contribution in [0.1, 0.15) is 59.1 Å². The second-order valence-electron chi connectivity index (χ2n) is 7.40. The van der Waals surface area contributed by atoms with Crippen LogP contribution in [-0.2, 0) is 16.0 Å². The van der Waals surface area contributed by atoms with Gasteiger partial charge in [0.25, 0.3) is 17.7 Å². The highest BCUT2D eigenvalue weighted by atomic mass is 32.1. The molecule has 5 amide bonds. The molecule has 8 nitrogen and oxygen atoms in total. The van der Waals surface area contributed by atoms with Gasteiger partial charge in [0.2, 0.25) is 0 Å². The van der Waals surface area contributed by atoms with Gasteiger partial charge in [-0.3, -0.25) is 30.1 Å². The van der Waals surface area contributed by atoms with Crippen LogP contribution in [0.4, 0.5) is 4.79 Å². The van der Waals surface area contributed by atoms with Crippen LogP contribution < -0.4 is 10.9 Å². The lowest BCUT2D eigenvalue weighted by Gasteiger charge is -2.35. The molecule has 1 saturated carbocycles. The number of thiophene rings is 1. The molecule has 0 radical (unpaired) electrons. The Kier molecular flexibility index (Phi) is 5.74. The molecule has 0 unspecified atom stereocenters. The van der Waals surface area contributed by atoms with Gasteiger partial charge in [0.1, 0.15) is 12.1 Å². The minimum Gasteiger partial charge on any atom is -0.313 e. The molecular weight excluding hydrogens is 380 g/mol. The van der Waals surface area contributed by atoms with Crippen molar-refractivity contribution in [3.8, 4) is 0 Å². The molecule has 2 fully saturated rings. The summed E-state index contributed by atoms with van der Waals surface area (Å²) in [5, 5.41) is 0. The SMILES string of the molecule is CCc1sc(C(=O)NNC(=O)CN2C(=O)N(C)C3(CCCCC3)C2=O)cc1C. The number of hydrazine groups is 1. The van der Waals surface area contributed by atoms with Gasteiger partial charge in [-0.15, -0.1) is 11.3 Å². The first-order valence-electron chi connectivity index (χ1n) is 9.58. The van der Waals surface area contributed by atoms with Gasteiger partial charge in [-0.25, -0.2) is 4.79 Å². The summed E-state index contributed by atoms with van der Waals surface area (Å²) < 4.78 is 0. The summed E-state index contributed by atoms with van der Waals surface area (Å²) in [4.78, 5) is 53.9. The van der Waals surface area contributed by atoms with Crippen LogP contribution in [0.15, 0.2) is 6.07 Å². The number of hydrogen-bond donors (Lipinski definition) is 2. The summed E-state index contributed by atoms with van der Waals surface area (Å²) in [6, 6.07) is 1.31. The van der Waals surface area contributed by atoms with E-state index in [9.17, 15) is 19.2 Å². The summed E-state index contributed by atoms with van der Waals surface area (Å²) in [6.07, 6.45) is 4.91. The Morgan fingerprint density at radius 2 is 1.86 bits per heavy atom. The highest BCUT2D eigenvalue weighted by Crippen LogP contribution is 2.39. The third-order valence-corrected chi connectivity index (χ3v) is 7.05. The molecule has 2 heterocycles. The van der Waals surface area contributed by atoms with Crippen LogP contribution in [-0.4, -0.2) is 52.7 Å². The lowest BCUT2D eigenvalue weighted by molar-refractivity contribution is -0.137. The van der Waals surface area contributed by atoms with Crippen LogP contribution in [0.5, 0.6) is 0 Å². The van der Waals surface area contributed by atoms with Gasteiger partial charge in [-0.1, -0.05) is 26.2 Å². The van der Waals surface area contributed by atoms with Crippen molar-refractivity contribution in [2.75, 3.05) is 13.6 Å². The minimum atomic E-state index is -0.816. The van der Waals surface area contributed by atoms with Gasteiger partial charge in [0, 0.05) is 11.9 Å². The van der Waals surface area contributed by atoms with Crippen molar-refractivity contribution < 1.29 is 19.2 Å². The number of imide groups is 1. The number of carbonyl (C=O) groups is 4. The number of likely N-dealkylation sites (N-methyl/N-ethyl adjacent to an activating group) is 1. The monoisotopic (exact) mass is 406 g/mol. The first-order chi connectivity index (χ1) is 13.3. The number of hydrogen-bond acceptors (Lipinski definition) is 5. The number of nitrogens with zero attached hydrogens (tertiary/aromatic N) is 2. The van der Waals surface area contributed by atoms with Crippen LogP contribution in [0.3, 0.4) is 0 Å². The van der Waals surface area contributed by atoms with Crippen LogP contribution >= 0.6 is 11.3 Å². The highest BCUT2D eigenvalue weighted by Gasteiger charge is 2.55. The Morgan fingerprint density at radius 1 is 1.18 bits per heavy atom. The maximum Gasteiger partial charge on any atom is 0.327 e. The van der Waals surface area contributed by atoms with Crippen molar-refractivity contribution in [1.29, 1.82) is 0 Å². The highest BCUT2D eigenvalue weighted by molar-refractivity contribution is 7.14. The van der Waals surface area contributed by atoms with Crippen molar-refractivity contribution in [1.82, 2.24) is 20.7 Å². The number of carbonyl (C=O) groups excluding carboxylic acids is 4. The van der Waals surface area contributed by atoms with Crippen LogP contribution in [0.2, 0.25) is 0 Å². The fourth-order valence-electron chi connectivity index (χ4n) is 4.03. The normalized spacial score (nSPS) is 18.7. The molecule has 9 heteroatoms. The molecule has 1 saturated heterocycles. The second-order valence-corrected chi connectivity index (χ2v) is 8.53. The Bertz CT molecular complexity index is 813. The molecule has 28 heavy (non-hydrogen) atoms. The van der Waals surface area contributed by atoms with Gasteiger partial charge in [0.05, 0.1) is 4.88 Å². The third kappa shape index (κ3) is 3.50. The van der Waals surface area contributed by atoms with Crippen molar-refractivity contribution in [3.05, 3.63) is 21.4 Å². The molecule has 1 aromatic heterocycles. The van der Waals surface area contributed by atoms with Gasteiger partial charge < -0.3 is 4.90 Å². The van der Waals surface area contributed by atoms with Crippen molar-refractivity contribution >= 4 is 35.1 Å². The molecule has 3 rings (SSSR count). The van der Waals surface area contributed by atoms with Gasteiger partial charge in [0.15, 0.2) is 0 Å². The molecule has 1 aliphatic heterocycles. The number of urea groups is 1. The molecule has 0 atom stereocenters. The van der Waals surface area contributed by atoms with Crippen molar-refractivity contribution in [2.45, 2.75) is 57.9 Å². The van der Waals surface area contributed by atoms with E-state index < -0.39 is 29.9 Å². The summed E-state index contributed by atoms with van der Waals surface area (Å²) in [7, 11) is 1.62. The van der Waals surface area contributed by atoms with E-state index in [-0.39, 0.29) is 5.91 Å². The fraction of sp³-hybridized carbons (Fsp3) is 0.579. The molecule has 1 aromatic rings. The van der Waals surface area contributed by atoms with Crippen LogP contribution in [0, 0.1) is 6.92 Å². The largest absolute Gasteiger partial charge is 0.327 e. The van der Waals surface area contributed by atoms with Gasteiger partial charge in [-0.2, -0.15) is 0 Å². The second kappa shape index (κ2) is 7.90. The summed E-state index contributed by atoms with van der Waals surface area (Å²) >= 11 is 1.38. The molecular formula is C19H26N4O4S. The van der Waals surface area contributed by atoms with Crippen LogP contribution in [0.25, 0.3) is 0 Å².